The van der Waals surface area contributed by atoms with Crippen LogP contribution in [0.3, 0.4) is 0 Å². The Kier molecular flexibility index (Phi) is 2.99. The molecule has 2 aliphatic rings. The summed E-state index contributed by atoms with van der Waals surface area (Å²) >= 11 is 0. The van der Waals surface area contributed by atoms with Crippen LogP contribution < -0.4 is 4.90 Å². The Morgan fingerprint density at radius 3 is 2.94 bits per heavy atom. The second-order valence-corrected chi connectivity index (χ2v) is 5.57. The van der Waals surface area contributed by atoms with Crippen LogP contribution >= 0.6 is 0 Å². The summed E-state index contributed by atoms with van der Waals surface area (Å²) in [5.41, 5.74) is 0.881. The highest BCUT2D eigenvalue weighted by atomic mass is 16.3. The molecular formula is C14H20N2O2. The summed E-state index contributed by atoms with van der Waals surface area (Å²) in [6.45, 7) is 3.59. The molecule has 4 atom stereocenters. The molecule has 4 heteroatoms. The summed E-state index contributed by atoms with van der Waals surface area (Å²) < 4.78 is 0. The number of hydrogen-bond acceptors (Lipinski definition) is 4. The minimum atomic E-state index is -0.501. The minimum Gasteiger partial charge on any atom is -0.393 e. The maximum absolute atomic E-state index is 9.95. The molecule has 18 heavy (non-hydrogen) atoms. The van der Waals surface area contributed by atoms with Gasteiger partial charge in [-0.1, -0.05) is 6.07 Å². The first-order valence-electron chi connectivity index (χ1n) is 6.73. The van der Waals surface area contributed by atoms with Crippen molar-refractivity contribution in [1.29, 1.82) is 0 Å². The molecule has 98 valence electrons. The van der Waals surface area contributed by atoms with Crippen molar-refractivity contribution in [3.05, 3.63) is 23.9 Å². The standard InChI is InChI=1S/C14H20N2O2/c1-9(17)11-3-2-6-15-14(11)16-7-10-4-5-13(18)12(10)8-16/h2-3,6,9-10,12-13,17-18H,4-5,7-8H2,1H3/t9-,10?,12?,13?/m1/s1. The molecule has 2 fully saturated rings. The average molecular weight is 248 g/mol. The maximum atomic E-state index is 9.95. The Morgan fingerprint density at radius 1 is 1.39 bits per heavy atom. The van der Waals surface area contributed by atoms with Crippen LogP contribution in [0.1, 0.15) is 31.4 Å². The molecule has 3 unspecified atom stereocenters. The van der Waals surface area contributed by atoms with E-state index in [1.807, 2.05) is 12.1 Å². The summed E-state index contributed by atoms with van der Waals surface area (Å²) in [4.78, 5) is 6.64. The van der Waals surface area contributed by atoms with Gasteiger partial charge in [0.05, 0.1) is 12.2 Å². The third kappa shape index (κ3) is 1.89. The lowest BCUT2D eigenvalue weighted by Gasteiger charge is -2.23. The zero-order chi connectivity index (χ0) is 12.7. The zero-order valence-electron chi connectivity index (χ0n) is 10.7. The fraction of sp³-hybridized carbons (Fsp3) is 0.643. The van der Waals surface area contributed by atoms with Crippen molar-refractivity contribution in [3.63, 3.8) is 0 Å². The van der Waals surface area contributed by atoms with Gasteiger partial charge >= 0.3 is 0 Å². The van der Waals surface area contributed by atoms with Crippen LogP contribution in [-0.2, 0) is 0 Å². The largest absolute Gasteiger partial charge is 0.393 e. The summed E-state index contributed by atoms with van der Waals surface area (Å²) in [5.74, 6) is 1.85. The number of pyridine rings is 1. The highest BCUT2D eigenvalue weighted by Crippen LogP contribution is 2.40. The highest BCUT2D eigenvalue weighted by molar-refractivity contribution is 5.49. The van der Waals surface area contributed by atoms with E-state index in [4.69, 9.17) is 0 Å². The molecule has 4 nitrogen and oxygen atoms in total. The molecule has 1 aliphatic heterocycles. The molecule has 2 N–H and O–H groups in total. The first kappa shape index (κ1) is 11.9. The van der Waals surface area contributed by atoms with Crippen LogP contribution in [0.2, 0.25) is 0 Å². The lowest BCUT2D eigenvalue weighted by molar-refractivity contribution is 0.133. The molecule has 2 heterocycles. The Morgan fingerprint density at radius 2 is 2.22 bits per heavy atom. The highest BCUT2D eigenvalue weighted by Gasteiger charge is 2.42. The van der Waals surface area contributed by atoms with E-state index < -0.39 is 6.10 Å². The number of rotatable bonds is 2. The third-order valence-corrected chi connectivity index (χ3v) is 4.39. The van der Waals surface area contributed by atoms with E-state index in [-0.39, 0.29) is 6.10 Å². The summed E-state index contributed by atoms with van der Waals surface area (Å²) in [5, 5.41) is 19.7. The zero-order valence-corrected chi connectivity index (χ0v) is 10.7. The van der Waals surface area contributed by atoms with Gasteiger partial charge in [-0.05, 0) is 31.7 Å². The van der Waals surface area contributed by atoms with Gasteiger partial charge in [0.2, 0.25) is 0 Å². The first-order chi connectivity index (χ1) is 8.66. The number of aliphatic hydroxyl groups excluding tert-OH is 2. The van der Waals surface area contributed by atoms with E-state index in [0.29, 0.717) is 11.8 Å². The van der Waals surface area contributed by atoms with Crippen molar-refractivity contribution in [3.8, 4) is 0 Å². The van der Waals surface area contributed by atoms with Crippen LogP contribution in [0, 0.1) is 11.8 Å². The fourth-order valence-corrected chi connectivity index (χ4v) is 3.41. The molecule has 0 radical (unpaired) electrons. The molecule has 1 aromatic heterocycles. The van der Waals surface area contributed by atoms with E-state index in [1.165, 1.54) is 0 Å². The topological polar surface area (TPSA) is 56.6 Å². The molecular weight excluding hydrogens is 228 g/mol. The first-order valence-corrected chi connectivity index (χ1v) is 6.73. The molecule has 0 amide bonds. The van der Waals surface area contributed by atoms with Crippen molar-refractivity contribution in [2.45, 2.75) is 32.0 Å². The van der Waals surface area contributed by atoms with E-state index in [9.17, 15) is 10.2 Å². The molecule has 0 bridgehead atoms. The Bertz CT molecular complexity index is 436. The smallest absolute Gasteiger partial charge is 0.134 e. The van der Waals surface area contributed by atoms with Gasteiger partial charge in [-0.2, -0.15) is 0 Å². The minimum absolute atomic E-state index is 0.154. The molecule has 1 aliphatic carbocycles. The molecule has 1 saturated heterocycles. The van der Waals surface area contributed by atoms with Gasteiger partial charge in [-0.15, -0.1) is 0 Å². The van der Waals surface area contributed by atoms with Crippen LogP contribution in [-0.4, -0.2) is 34.4 Å². The van der Waals surface area contributed by atoms with Crippen molar-refractivity contribution in [2.24, 2.45) is 11.8 Å². The van der Waals surface area contributed by atoms with Crippen molar-refractivity contribution in [1.82, 2.24) is 4.98 Å². The third-order valence-electron chi connectivity index (χ3n) is 4.39. The van der Waals surface area contributed by atoms with Crippen molar-refractivity contribution in [2.75, 3.05) is 18.0 Å². The van der Waals surface area contributed by atoms with Gasteiger partial charge in [-0.3, -0.25) is 0 Å². The number of nitrogens with zero attached hydrogens (tertiary/aromatic N) is 2. The normalized spacial score (nSPS) is 32.6. The van der Waals surface area contributed by atoms with Gasteiger partial charge < -0.3 is 15.1 Å². The lowest BCUT2D eigenvalue weighted by Crippen LogP contribution is -2.26. The lowest BCUT2D eigenvalue weighted by atomic mass is 10.00. The second kappa shape index (κ2) is 4.52. The predicted octanol–water partition coefficient (Wildman–Crippen LogP) is 1.34. The van der Waals surface area contributed by atoms with Gasteiger partial charge in [0, 0.05) is 30.8 Å². The summed E-state index contributed by atoms with van der Waals surface area (Å²) in [6, 6.07) is 3.79. The number of hydrogen-bond donors (Lipinski definition) is 2. The predicted molar refractivity (Wildman–Crippen MR) is 69.3 cm³/mol. The Balaban J connectivity index is 1.85. The van der Waals surface area contributed by atoms with Crippen molar-refractivity contribution >= 4 is 5.82 Å². The molecule has 3 rings (SSSR count). The molecule has 0 aromatic carbocycles. The molecule has 1 saturated carbocycles. The van der Waals surface area contributed by atoms with Crippen LogP contribution in [0.4, 0.5) is 5.82 Å². The maximum Gasteiger partial charge on any atom is 0.134 e. The SMILES string of the molecule is C[C@@H](O)c1cccnc1N1CC2CCC(O)C2C1. The van der Waals surface area contributed by atoms with E-state index >= 15 is 0 Å². The summed E-state index contributed by atoms with van der Waals surface area (Å²) in [6.07, 6.45) is 3.16. The van der Waals surface area contributed by atoms with Gasteiger partial charge in [0.1, 0.15) is 5.82 Å². The Hall–Kier alpha value is -1.13. The van der Waals surface area contributed by atoms with E-state index in [2.05, 4.69) is 9.88 Å². The van der Waals surface area contributed by atoms with Gasteiger partial charge in [0.15, 0.2) is 0 Å². The van der Waals surface area contributed by atoms with Crippen LogP contribution in [0.25, 0.3) is 0 Å². The molecule has 1 aromatic rings. The van der Waals surface area contributed by atoms with E-state index in [1.54, 1.807) is 13.1 Å². The van der Waals surface area contributed by atoms with Crippen molar-refractivity contribution < 1.29 is 10.2 Å². The second-order valence-electron chi connectivity index (χ2n) is 5.57. The number of aliphatic hydroxyl groups is 2. The van der Waals surface area contributed by atoms with Crippen LogP contribution in [0.5, 0.6) is 0 Å². The summed E-state index contributed by atoms with van der Waals surface area (Å²) in [7, 11) is 0. The van der Waals surface area contributed by atoms with Gasteiger partial charge in [-0.25, -0.2) is 4.98 Å². The number of aromatic nitrogens is 1. The average Bonchev–Trinajstić information content (AvgIpc) is 2.92. The number of anilines is 1. The van der Waals surface area contributed by atoms with E-state index in [0.717, 1.165) is 37.3 Å². The monoisotopic (exact) mass is 248 g/mol. The molecule has 0 spiro atoms. The Labute approximate surface area is 107 Å². The van der Waals surface area contributed by atoms with Gasteiger partial charge in [0.25, 0.3) is 0 Å². The van der Waals surface area contributed by atoms with Crippen LogP contribution in [0.15, 0.2) is 18.3 Å². The quantitative estimate of drug-likeness (QED) is 0.829. The fourth-order valence-electron chi connectivity index (χ4n) is 3.41. The number of fused-ring (bicyclic) bond motifs is 1.